The van der Waals surface area contributed by atoms with Gasteiger partial charge in [0.2, 0.25) is 5.95 Å². The van der Waals surface area contributed by atoms with Crippen molar-refractivity contribution in [3.05, 3.63) is 46.6 Å². The van der Waals surface area contributed by atoms with E-state index in [9.17, 15) is 5.11 Å². The van der Waals surface area contributed by atoms with Gasteiger partial charge in [0, 0.05) is 61.2 Å². The fourth-order valence-corrected chi connectivity index (χ4v) is 5.65. The predicted octanol–water partition coefficient (Wildman–Crippen LogP) is 3.09. The molecule has 0 saturated carbocycles. The number of aromatic nitrogens is 4. The number of hydrogen-bond acceptors (Lipinski definition) is 6. The summed E-state index contributed by atoms with van der Waals surface area (Å²) in [4.78, 5) is 14.5. The summed E-state index contributed by atoms with van der Waals surface area (Å²) in [5.41, 5.74) is 7.35. The van der Waals surface area contributed by atoms with Crippen molar-refractivity contribution in [2.75, 3.05) is 18.0 Å². The number of fused-ring (bicyclic) bond motifs is 4. The third kappa shape index (κ3) is 3.78. The van der Waals surface area contributed by atoms with Gasteiger partial charge in [-0.3, -0.25) is 9.58 Å². The van der Waals surface area contributed by atoms with E-state index in [0.717, 1.165) is 56.1 Å². The lowest BCUT2D eigenvalue weighted by molar-refractivity contribution is 0.153. The summed E-state index contributed by atoms with van der Waals surface area (Å²) in [5.74, 6) is 0.790. The second kappa shape index (κ2) is 8.02. The largest absolute Gasteiger partial charge is 0.391 e. The molecular formula is C24H34N6O. The Morgan fingerprint density at radius 3 is 2.87 bits per heavy atom. The predicted molar refractivity (Wildman–Crippen MR) is 121 cm³/mol. The normalized spacial score (nSPS) is 25.7. The number of anilines is 1. The lowest BCUT2D eigenvalue weighted by atomic mass is 9.98. The Hall–Kier alpha value is -2.25. The van der Waals surface area contributed by atoms with E-state index in [2.05, 4.69) is 48.0 Å². The van der Waals surface area contributed by atoms with Gasteiger partial charge in [-0.1, -0.05) is 12.2 Å². The fraction of sp³-hybridized carbons (Fsp3) is 0.625. The van der Waals surface area contributed by atoms with Gasteiger partial charge < -0.3 is 10.0 Å². The molecule has 2 aromatic rings. The molecule has 0 spiro atoms. The van der Waals surface area contributed by atoms with Crippen molar-refractivity contribution < 1.29 is 5.11 Å². The van der Waals surface area contributed by atoms with Crippen LogP contribution in [0.15, 0.2) is 18.3 Å². The molecule has 5 rings (SSSR count). The van der Waals surface area contributed by atoms with Crippen LogP contribution >= 0.6 is 0 Å². The van der Waals surface area contributed by atoms with Gasteiger partial charge in [0.15, 0.2) is 0 Å². The molecule has 31 heavy (non-hydrogen) atoms. The smallest absolute Gasteiger partial charge is 0.225 e. The first kappa shape index (κ1) is 20.6. The molecule has 1 N–H and O–H groups in total. The van der Waals surface area contributed by atoms with Crippen molar-refractivity contribution >= 4 is 5.95 Å². The molecule has 3 unspecified atom stereocenters. The van der Waals surface area contributed by atoms with E-state index in [4.69, 9.17) is 15.1 Å². The average molecular weight is 423 g/mol. The van der Waals surface area contributed by atoms with Crippen molar-refractivity contribution in [3.8, 4) is 0 Å². The quantitative estimate of drug-likeness (QED) is 0.747. The van der Waals surface area contributed by atoms with Gasteiger partial charge in [-0.05, 0) is 46.5 Å². The molecular weight excluding hydrogens is 388 g/mol. The zero-order valence-electron chi connectivity index (χ0n) is 19.0. The number of aryl methyl sites for hydroxylation is 1. The maximum absolute atomic E-state index is 10.0. The maximum Gasteiger partial charge on any atom is 0.225 e. The zero-order valence-corrected chi connectivity index (χ0v) is 19.0. The summed E-state index contributed by atoms with van der Waals surface area (Å²) in [6, 6.07) is 0.911. The number of rotatable bonds is 5. The highest BCUT2D eigenvalue weighted by Crippen LogP contribution is 2.44. The molecule has 7 nitrogen and oxygen atoms in total. The van der Waals surface area contributed by atoms with Gasteiger partial charge in [0.1, 0.15) is 0 Å². The first-order valence-corrected chi connectivity index (χ1v) is 11.6. The summed E-state index contributed by atoms with van der Waals surface area (Å²) in [7, 11) is 0. The van der Waals surface area contributed by atoms with Crippen molar-refractivity contribution in [1.82, 2.24) is 24.6 Å². The number of aliphatic hydroxyl groups is 1. The Morgan fingerprint density at radius 2 is 2.10 bits per heavy atom. The minimum atomic E-state index is -0.266. The number of hydrogen-bond donors (Lipinski definition) is 1. The number of β-amino-alcohol motifs (C(OH)–C–C–N with tert-alkyl or cyclic N) is 1. The minimum Gasteiger partial charge on any atom is -0.391 e. The Bertz CT molecular complexity index is 998. The van der Waals surface area contributed by atoms with Crippen LogP contribution in [0.4, 0.5) is 5.95 Å². The van der Waals surface area contributed by atoms with E-state index in [1.807, 2.05) is 0 Å². The third-order valence-corrected chi connectivity index (χ3v) is 7.29. The van der Waals surface area contributed by atoms with E-state index in [-0.39, 0.29) is 6.10 Å². The van der Waals surface area contributed by atoms with Gasteiger partial charge >= 0.3 is 0 Å². The summed E-state index contributed by atoms with van der Waals surface area (Å²) >= 11 is 0. The molecule has 0 radical (unpaired) electrons. The summed E-state index contributed by atoms with van der Waals surface area (Å²) < 4.78 is 2.09. The molecule has 3 aliphatic heterocycles. The molecule has 2 saturated heterocycles. The van der Waals surface area contributed by atoms with Gasteiger partial charge in [0.25, 0.3) is 0 Å². The Morgan fingerprint density at radius 1 is 1.26 bits per heavy atom. The van der Waals surface area contributed by atoms with Crippen LogP contribution in [0, 0.1) is 13.8 Å². The molecule has 0 aliphatic carbocycles. The van der Waals surface area contributed by atoms with Crippen LogP contribution in [0.3, 0.4) is 0 Å². The average Bonchev–Trinajstić information content (AvgIpc) is 3.15. The van der Waals surface area contributed by atoms with E-state index in [0.29, 0.717) is 18.6 Å². The van der Waals surface area contributed by atoms with E-state index < -0.39 is 0 Å². The lowest BCUT2D eigenvalue weighted by Crippen LogP contribution is -2.41. The molecule has 2 fully saturated rings. The molecule has 0 amide bonds. The van der Waals surface area contributed by atoms with Crippen molar-refractivity contribution in [3.63, 3.8) is 0 Å². The standard InChI is InChI=1S/C24H34N6O/c1-15(2)12-30-17(4)21(16(3)27-30)14-29-18-7-8-23(29)20-11-25-24(26-22(20)10-18)28-9-5-6-19(31)13-28/h11,18-19,23,31H,1,5-10,12-14H2,2-4H3. The molecule has 2 bridgehead atoms. The molecule has 0 aromatic carbocycles. The summed E-state index contributed by atoms with van der Waals surface area (Å²) in [6.45, 7) is 13.7. The first-order valence-electron chi connectivity index (χ1n) is 11.6. The van der Waals surface area contributed by atoms with Gasteiger partial charge in [-0.2, -0.15) is 5.10 Å². The van der Waals surface area contributed by atoms with Crippen molar-refractivity contribution in [2.24, 2.45) is 0 Å². The van der Waals surface area contributed by atoms with Crippen molar-refractivity contribution in [2.45, 2.75) is 84.2 Å². The van der Waals surface area contributed by atoms with Crippen LogP contribution < -0.4 is 4.90 Å². The molecule has 2 aromatic heterocycles. The Kier molecular flexibility index (Phi) is 5.34. The fourth-order valence-electron chi connectivity index (χ4n) is 5.65. The topological polar surface area (TPSA) is 70.3 Å². The third-order valence-electron chi connectivity index (χ3n) is 7.29. The molecule has 3 atom stereocenters. The van der Waals surface area contributed by atoms with Crippen LogP contribution in [0.5, 0.6) is 0 Å². The van der Waals surface area contributed by atoms with Crippen LogP contribution in [-0.4, -0.2) is 55.0 Å². The number of piperidine rings is 1. The molecule has 3 aliphatic rings. The zero-order chi connectivity index (χ0) is 21.7. The highest BCUT2D eigenvalue weighted by atomic mass is 16.3. The summed E-state index contributed by atoms with van der Waals surface area (Å²) in [6.07, 6.45) is 7.02. The second-order valence-electron chi connectivity index (χ2n) is 9.70. The molecule has 5 heterocycles. The SMILES string of the molecule is C=C(C)Cn1nc(C)c(CN2C3CCC2c2cnc(N4CCCC(O)C4)nc2C3)c1C. The highest BCUT2D eigenvalue weighted by Gasteiger charge is 2.41. The minimum absolute atomic E-state index is 0.266. The van der Waals surface area contributed by atoms with Crippen LogP contribution in [-0.2, 0) is 19.5 Å². The van der Waals surface area contributed by atoms with Crippen LogP contribution in [0.25, 0.3) is 0 Å². The lowest BCUT2D eigenvalue weighted by Gasteiger charge is -2.36. The molecule has 7 heteroatoms. The van der Waals surface area contributed by atoms with Gasteiger partial charge in [-0.25, -0.2) is 9.97 Å². The van der Waals surface area contributed by atoms with E-state index in [1.165, 1.54) is 35.4 Å². The Balaban J connectivity index is 1.38. The monoisotopic (exact) mass is 422 g/mol. The highest BCUT2D eigenvalue weighted by molar-refractivity contribution is 5.38. The first-order chi connectivity index (χ1) is 14.9. The van der Waals surface area contributed by atoms with Crippen LogP contribution in [0.1, 0.15) is 66.9 Å². The maximum atomic E-state index is 10.0. The van der Waals surface area contributed by atoms with E-state index in [1.54, 1.807) is 0 Å². The summed E-state index contributed by atoms with van der Waals surface area (Å²) in [5, 5.41) is 14.8. The number of aliphatic hydroxyl groups excluding tert-OH is 1. The van der Waals surface area contributed by atoms with Gasteiger partial charge in [-0.15, -0.1) is 0 Å². The Labute approximate surface area is 184 Å². The second-order valence-corrected chi connectivity index (χ2v) is 9.70. The number of nitrogens with zero attached hydrogens (tertiary/aromatic N) is 6. The van der Waals surface area contributed by atoms with Crippen molar-refractivity contribution in [1.29, 1.82) is 0 Å². The number of allylic oxidation sites excluding steroid dienone is 1. The van der Waals surface area contributed by atoms with Crippen LogP contribution in [0.2, 0.25) is 0 Å². The van der Waals surface area contributed by atoms with Gasteiger partial charge in [0.05, 0.1) is 24.0 Å². The molecule has 166 valence electrons. The van der Waals surface area contributed by atoms with E-state index >= 15 is 0 Å².